The minimum Gasteiger partial charge on any atom is -0.444 e. The van der Waals surface area contributed by atoms with Crippen LogP contribution < -0.4 is 9.74 Å². The van der Waals surface area contributed by atoms with Crippen molar-refractivity contribution in [2.24, 2.45) is 5.16 Å². The number of nitriles is 1. The summed E-state index contributed by atoms with van der Waals surface area (Å²) in [6.07, 6.45) is -0.376. The van der Waals surface area contributed by atoms with E-state index in [2.05, 4.69) is 5.16 Å². The Morgan fingerprint density at radius 2 is 1.85 bits per heavy atom. The van der Waals surface area contributed by atoms with Gasteiger partial charge in [0.25, 0.3) is 0 Å². The van der Waals surface area contributed by atoms with Crippen LogP contribution in [-0.2, 0) is 4.74 Å². The fourth-order valence-electron chi connectivity index (χ4n) is 2.54. The van der Waals surface area contributed by atoms with Crippen molar-refractivity contribution in [2.45, 2.75) is 40.2 Å². The van der Waals surface area contributed by atoms with Gasteiger partial charge in [0.15, 0.2) is 5.75 Å². The van der Waals surface area contributed by atoms with E-state index >= 15 is 0 Å². The number of hydrogen-bond donors (Lipinski definition) is 0. The zero-order chi connectivity index (χ0) is 20.2. The van der Waals surface area contributed by atoms with Crippen LogP contribution >= 0.6 is 0 Å². The summed E-state index contributed by atoms with van der Waals surface area (Å²) in [4.78, 5) is 20.8. The highest BCUT2D eigenvalue weighted by Gasteiger charge is 2.27. The number of ether oxygens (including phenoxy) is 1. The van der Waals surface area contributed by atoms with E-state index < -0.39 is 11.4 Å². The first-order valence-electron chi connectivity index (χ1n) is 8.75. The number of piperazine rings is 1. The highest BCUT2D eigenvalue weighted by molar-refractivity contribution is 5.78. The Hall–Kier alpha value is -2.82. The van der Waals surface area contributed by atoms with Gasteiger partial charge in [-0.1, -0.05) is 5.16 Å². The molecule has 146 valence electrons. The molecule has 27 heavy (non-hydrogen) atoms. The first-order valence-corrected chi connectivity index (χ1v) is 8.75. The van der Waals surface area contributed by atoms with Crippen LogP contribution in [0.5, 0.6) is 5.75 Å². The fraction of sp³-hybridized carbons (Fsp3) is 0.526. The Bertz CT molecular complexity index is 768. The molecule has 2 rings (SSSR count). The van der Waals surface area contributed by atoms with Crippen molar-refractivity contribution in [1.29, 1.82) is 5.26 Å². The number of anilines is 1. The predicted molar refractivity (Wildman–Crippen MR) is 101 cm³/mol. The van der Waals surface area contributed by atoms with Crippen molar-refractivity contribution in [3.05, 3.63) is 23.5 Å². The topological polar surface area (TPSA) is 78.2 Å². The average Bonchev–Trinajstić information content (AvgIpc) is 2.59. The van der Waals surface area contributed by atoms with Crippen molar-refractivity contribution < 1.29 is 18.8 Å². The number of rotatable bonds is 3. The first kappa shape index (κ1) is 20.5. The van der Waals surface area contributed by atoms with Gasteiger partial charge in [-0.25, -0.2) is 9.18 Å². The van der Waals surface area contributed by atoms with Gasteiger partial charge in [0.1, 0.15) is 23.1 Å². The summed E-state index contributed by atoms with van der Waals surface area (Å²) in [5.41, 5.74) is 0.513. The van der Waals surface area contributed by atoms with Crippen LogP contribution in [0.25, 0.3) is 0 Å². The average molecular weight is 376 g/mol. The summed E-state index contributed by atoms with van der Waals surface area (Å²) in [7, 11) is 0. The second kappa shape index (κ2) is 8.25. The zero-order valence-electron chi connectivity index (χ0n) is 16.4. The maximum Gasteiger partial charge on any atom is 0.410 e. The maximum atomic E-state index is 14.5. The Balaban J connectivity index is 2.13. The number of benzene rings is 1. The largest absolute Gasteiger partial charge is 0.444 e. The quantitative estimate of drug-likeness (QED) is 0.596. The number of oxime groups is 1. The standard InChI is InChI=1S/C19H25FN4O3/c1-13(2)22-27-17-11-16(15(20)10-14(17)12-21)23-6-8-24(9-7-23)18(25)26-19(3,4)5/h10-11H,6-9H2,1-5H3. The molecule has 1 aliphatic rings. The summed E-state index contributed by atoms with van der Waals surface area (Å²) in [6.45, 7) is 10.7. The Morgan fingerprint density at radius 3 is 2.37 bits per heavy atom. The normalized spacial score (nSPS) is 14.4. The van der Waals surface area contributed by atoms with Crippen LogP contribution in [-0.4, -0.2) is 48.5 Å². The SMILES string of the molecule is CC(C)=NOc1cc(N2CCN(C(=O)OC(C)(C)C)CC2)c(F)cc1C#N. The van der Waals surface area contributed by atoms with E-state index in [9.17, 15) is 14.4 Å². The van der Waals surface area contributed by atoms with Crippen molar-refractivity contribution in [2.75, 3.05) is 31.1 Å². The highest BCUT2D eigenvalue weighted by atomic mass is 19.1. The van der Waals surface area contributed by atoms with Crippen molar-refractivity contribution in [3.8, 4) is 11.8 Å². The number of hydrogen-bond acceptors (Lipinski definition) is 6. The minimum absolute atomic E-state index is 0.0774. The molecule has 0 N–H and O–H groups in total. The molecule has 0 bridgehead atoms. The molecule has 1 fully saturated rings. The molecule has 0 spiro atoms. The van der Waals surface area contributed by atoms with Gasteiger partial charge in [-0.2, -0.15) is 5.26 Å². The Labute approximate surface area is 158 Å². The fourth-order valence-corrected chi connectivity index (χ4v) is 2.54. The van der Waals surface area contributed by atoms with E-state index in [0.29, 0.717) is 37.6 Å². The lowest BCUT2D eigenvalue weighted by molar-refractivity contribution is 0.0240. The molecule has 0 saturated carbocycles. The van der Waals surface area contributed by atoms with E-state index in [0.717, 1.165) is 6.07 Å². The molecular formula is C19H25FN4O3. The molecular weight excluding hydrogens is 351 g/mol. The Morgan fingerprint density at radius 1 is 1.22 bits per heavy atom. The van der Waals surface area contributed by atoms with E-state index in [4.69, 9.17) is 9.57 Å². The molecule has 7 nitrogen and oxygen atoms in total. The molecule has 1 heterocycles. The summed E-state index contributed by atoms with van der Waals surface area (Å²) in [6, 6.07) is 4.53. The van der Waals surface area contributed by atoms with Crippen LogP contribution in [0.4, 0.5) is 14.9 Å². The predicted octanol–water partition coefficient (Wildman–Crippen LogP) is 3.53. The van der Waals surface area contributed by atoms with Crippen molar-refractivity contribution >= 4 is 17.5 Å². The van der Waals surface area contributed by atoms with Crippen LogP contribution in [0.15, 0.2) is 17.3 Å². The van der Waals surface area contributed by atoms with Gasteiger partial charge in [-0.15, -0.1) is 0 Å². The van der Waals surface area contributed by atoms with Crippen LogP contribution in [0.1, 0.15) is 40.2 Å². The lowest BCUT2D eigenvalue weighted by atomic mass is 10.1. The number of halogens is 1. The maximum absolute atomic E-state index is 14.5. The number of nitrogens with zero attached hydrogens (tertiary/aromatic N) is 4. The molecule has 0 aliphatic carbocycles. The van der Waals surface area contributed by atoms with Crippen molar-refractivity contribution in [1.82, 2.24) is 4.90 Å². The highest BCUT2D eigenvalue weighted by Crippen LogP contribution is 2.30. The van der Waals surface area contributed by atoms with E-state index in [1.807, 2.05) is 31.7 Å². The molecule has 1 saturated heterocycles. The number of carbonyl (C=O) groups is 1. The third-order valence-corrected chi connectivity index (χ3v) is 3.77. The van der Waals surface area contributed by atoms with Gasteiger partial charge >= 0.3 is 6.09 Å². The molecule has 0 aromatic heterocycles. The molecule has 8 heteroatoms. The first-order chi connectivity index (χ1) is 12.6. The molecule has 0 radical (unpaired) electrons. The summed E-state index contributed by atoms with van der Waals surface area (Å²) < 4.78 is 19.9. The second-order valence-electron chi connectivity index (χ2n) is 7.50. The van der Waals surface area contributed by atoms with Gasteiger partial charge in [-0.3, -0.25) is 0 Å². The van der Waals surface area contributed by atoms with Crippen LogP contribution in [0, 0.1) is 17.1 Å². The third kappa shape index (κ3) is 5.58. The third-order valence-electron chi connectivity index (χ3n) is 3.77. The van der Waals surface area contributed by atoms with Gasteiger partial charge < -0.3 is 19.4 Å². The van der Waals surface area contributed by atoms with E-state index in [1.165, 1.54) is 6.07 Å². The Kier molecular flexibility index (Phi) is 6.26. The second-order valence-corrected chi connectivity index (χ2v) is 7.50. The number of carbonyl (C=O) groups excluding carboxylic acids is 1. The van der Waals surface area contributed by atoms with E-state index in [-0.39, 0.29) is 17.4 Å². The summed E-state index contributed by atoms with van der Waals surface area (Å²) >= 11 is 0. The molecule has 0 atom stereocenters. The van der Waals surface area contributed by atoms with Gasteiger partial charge in [0.2, 0.25) is 0 Å². The number of amides is 1. The van der Waals surface area contributed by atoms with Gasteiger partial charge in [0.05, 0.1) is 11.4 Å². The summed E-state index contributed by atoms with van der Waals surface area (Å²) in [5.74, 6) is -0.313. The smallest absolute Gasteiger partial charge is 0.410 e. The zero-order valence-corrected chi connectivity index (χ0v) is 16.4. The lowest BCUT2D eigenvalue weighted by Crippen LogP contribution is -2.50. The molecule has 1 amide bonds. The molecule has 1 aromatic carbocycles. The van der Waals surface area contributed by atoms with Crippen LogP contribution in [0.3, 0.4) is 0 Å². The lowest BCUT2D eigenvalue weighted by Gasteiger charge is -2.36. The van der Waals surface area contributed by atoms with Gasteiger partial charge in [-0.05, 0) is 40.7 Å². The van der Waals surface area contributed by atoms with Crippen LogP contribution in [0.2, 0.25) is 0 Å². The van der Waals surface area contributed by atoms with Gasteiger partial charge in [0, 0.05) is 32.2 Å². The molecule has 1 aliphatic heterocycles. The minimum atomic E-state index is -0.558. The monoisotopic (exact) mass is 376 g/mol. The molecule has 1 aromatic rings. The summed E-state index contributed by atoms with van der Waals surface area (Å²) in [5, 5.41) is 13.0. The molecule has 0 unspecified atom stereocenters. The van der Waals surface area contributed by atoms with E-state index in [1.54, 1.807) is 18.7 Å². The van der Waals surface area contributed by atoms with Crippen molar-refractivity contribution in [3.63, 3.8) is 0 Å².